The maximum Gasteiger partial charge on any atom is 0.275 e. The average Bonchev–Trinajstić information content (AvgIpc) is 2.54. The van der Waals surface area contributed by atoms with E-state index in [0.717, 1.165) is 26.2 Å². The van der Waals surface area contributed by atoms with Crippen LogP contribution in [0.2, 0.25) is 0 Å². The lowest BCUT2D eigenvalue weighted by atomic mass is 10.1. The molecule has 7 heteroatoms. The molecular weight excluding hydrogens is 294 g/mol. The highest BCUT2D eigenvalue weighted by Crippen LogP contribution is 2.27. The highest BCUT2D eigenvalue weighted by molar-refractivity contribution is 5.64. The maximum atomic E-state index is 11.1. The van der Waals surface area contributed by atoms with Crippen molar-refractivity contribution >= 4 is 11.4 Å². The number of benzene rings is 1. The zero-order valence-electron chi connectivity index (χ0n) is 13.9. The molecule has 23 heavy (non-hydrogen) atoms. The van der Waals surface area contributed by atoms with Crippen molar-refractivity contribution in [2.45, 2.75) is 19.9 Å². The Morgan fingerprint density at radius 3 is 2.61 bits per heavy atom. The molecule has 7 nitrogen and oxygen atoms in total. The summed E-state index contributed by atoms with van der Waals surface area (Å²) < 4.78 is 0. The first-order valence-corrected chi connectivity index (χ1v) is 7.78. The van der Waals surface area contributed by atoms with Gasteiger partial charge in [-0.05, 0) is 27.0 Å². The number of likely N-dealkylation sites (N-methyl/N-ethyl adjacent to an activating group) is 1. The summed E-state index contributed by atoms with van der Waals surface area (Å²) in [7, 11) is 2.12. The Morgan fingerprint density at radius 1 is 1.39 bits per heavy atom. The second-order valence-electron chi connectivity index (χ2n) is 6.11. The van der Waals surface area contributed by atoms with Gasteiger partial charge in [-0.15, -0.1) is 0 Å². The van der Waals surface area contributed by atoms with Crippen molar-refractivity contribution in [2.75, 3.05) is 45.1 Å². The van der Waals surface area contributed by atoms with Crippen LogP contribution in [0, 0.1) is 28.4 Å². The summed E-state index contributed by atoms with van der Waals surface area (Å²) in [5, 5.41) is 23.4. The van der Waals surface area contributed by atoms with E-state index in [1.54, 1.807) is 13.0 Å². The molecule has 0 bridgehead atoms. The highest BCUT2D eigenvalue weighted by Gasteiger charge is 2.20. The molecule has 1 aromatic carbocycles. The number of nitrogens with zero attached hydrogens (tertiary/aromatic N) is 4. The van der Waals surface area contributed by atoms with Crippen LogP contribution >= 0.6 is 0 Å². The zero-order valence-corrected chi connectivity index (χ0v) is 13.9. The third-order valence-corrected chi connectivity index (χ3v) is 4.46. The molecule has 1 aliphatic heterocycles. The van der Waals surface area contributed by atoms with Crippen LogP contribution in [0.3, 0.4) is 0 Å². The van der Waals surface area contributed by atoms with E-state index in [0.29, 0.717) is 29.4 Å². The minimum absolute atomic E-state index is 0.0150. The Bertz CT molecular complexity index is 618. The molecule has 1 aromatic rings. The molecule has 1 saturated heterocycles. The van der Waals surface area contributed by atoms with Crippen LogP contribution in [0.15, 0.2) is 12.1 Å². The van der Waals surface area contributed by atoms with Gasteiger partial charge < -0.3 is 10.2 Å². The van der Waals surface area contributed by atoms with Crippen LogP contribution < -0.4 is 5.32 Å². The number of hydrogen-bond donors (Lipinski definition) is 1. The quantitative estimate of drug-likeness (QED) is 0.658. The normalized spacial score (nSPS) is 17.5. The number of nitro groups is 1. The molecule has 0 radical (unpaired) electrons. The molecular formula is C16H23N5O2. The first-order chi connectivity index (χ1) is 10.9. The van der Waals surface area contributed by atoms with E-state index in [1.807, 2.05) is 6.07 Å². The number of hydrogen-bond acceptors (Lipinski definition) is 6. The smallest absolute Gasteiger partial charge is 0.275 e. The van der Waals surface area contributed by atoms with Crippen LogP contribution in [0.5, 0.6) is 0 Å². The first kappa shape index (κ1) is 17.2. The molecule has 1 heterocycles. The number of piperazine rings is 1. The second kappa shape index (κ2) is 7.40. The molecule has 124 valence electrons. The summed E-state index contributed by atoms with van der Waals surface area (Å²) in [6, 6.07) is 5.32. The van der Waals surface area contributed by atoms with Crippen molar-refractivity contribution in [3.63, 3.8) is 0 Å². The number of nitrogens with one attached hydrogen (secondary N) is 1. The Labute approximate surface area is 136 Å². The molecule has 1 aliphatic rings. The number of anilines is 1. The molecule has 0 amide bonds. The monoisotopic (exact) mass is 317 g/mol. The van der Waals surface area contributed by atoms with Crippen molar-refractivity contribution in [1.29, 1.82) is 5.26 Å². The SMILES string of the molecule is Cc1c(NC[C@H](C)N2CCN(C)CC2)cc(C#N)cc1[N+](=O)[O-]. The molecule has 1 N–H and O–H groups in total. The summed E-state index contributed by atoms with van der Waals surface area (Å²) in [6.07, 6.45) is 0. The van der Waals surface area contributed by atoms with E-state index in [4.69, 9.17) is 5.26 Å². The summed E-state index contributed by atoms with van der Waals surface area (Å²) in [6.45, 7) is 8.71. The van der Waals surface area contributed by atoms with Gasteiger partial charge in [0, 0.05) is 56.1 Å². The molecule has 1 fully saturated rings. The standard InChI is InChI=1S/C16H23N5O2/c1-12(20-6-4-19(3)5-7-20)11-18-15-8-14(10-17)9-16(13(15)2)21(22)23/h8-9,12,18H,4-7,11H2,1-3H3/t12-/m0/s1. The van der Waals surface area contributed by atoms with Crippen LogP contribution in [0.1, 0.15) is 18.1 Å². The van der Waals surface area contributed by atoms with Gasteiger partial charge in [-0.2, -0.15) is 5.26 Å². The topological polar surface area (TPSA) is 85.4 Å². The Morgan fingerprint density at radius 2 is 2.04 bits per heavy atom. The first-order valence-electron chi connectivity index (χ1n) is 7.78. The van der Waals surface area contributed by atoms with Gasteiger partial charge >= 0.3 is 0 Å². The minimum Gasteiger partial charge on any atom is -0.383 e. The van der Waals surface area contributed by atoms with Crippen molar-refractivity contribution in [1.82, 2.24) is 9.80 Å². The average molecular weight is 317 g/mol. The fourth-order valence-corrected chi connectivity index (χ4v) is 2.79. The minimum atomic E-state index is -0.439. The van der Waals surface area contributed by atoms with Gasteiger partial charge in [0.15, 0.2) is 0 Å². The van der Waals surface area contributed by atoms with E-state index in [-0.39, 0.29) is 5.69 Å². The van der Waals surface area contributed by atoms with Crippen LogP contribution in [0.4, 0.5) is 11.4 Å². The molecule has 0 aromatic heterocycles. The lowest BCUT2D eigenvalue weighted by molar-refractivity contribution is -0.385. The van der Waals surface area contributed by atoms with Crippen molar-refractivity contribution < 1.29 is 4.92 Å². The third-order valence-electron chi connectivity index (χ3n) is 4.46. The fraction of sp³-hybridized carbons (Fsp3) is 0.562. The summed E-state index contributed by atoms with van der Waals surface area (Å²) in [5.74, 6) is 0. The predicted molar refractivity (Wildman–Crippen MR) is 89.6 cm³/mol. The van der Waals surface area contributed by atoms with Crippen LogP contribution in [-0.4, -0.2) is 60.5 Å². The molecule has 0 spiro atoms. The van der Waals surface area contributed by atoms with Crippen molar-refractivity contribution in [3.05, 3.63) is 33.4 Å². The predicted octanol–water partition coefficient (Wildman–Crippen LogP) is 1.82. The van der Waals surface area contributed by atoms with Gasteiger partial charge in [0.2, 0.25) is 0 Å². The van der Waals surface area contributed by atoms with Gasteiger partial charge in [0.05, 0.1) is 16.6 Å². The Kier molecular flexibility index (Phi) is 5.53. The lowest BCUT2D eigenvalue weighted by Crippen LogP contribution is -2.49. The maximum absolute atomic E-state index is 11.1. The van der Waals surface area contributed by atoms with E-state index < -0.39 is 4.92 Å². The van der Waals surface area contributed by atoms with E-state index in [1.165, 1.54) is 6.07 Å². The fourth-order valence-electron chi connectivity index (χ4n) is 2.79. The van der Waals surface area contributed by atoms with E-state index in [9.17, 15) is 10.1 Å². The summed E-state index contributed by atoms with van der Waals surface area (Å²) in [5.41, 5.74) is 1.52. The van der Waals surface area contributed by atoms with Crippen LogP contribution in [0.25, 0.3) is 0 Å². The molecule has 1 atom stereocenters. The van der Waals surface area contributed by atoms with Gasteiger partial charge in [-0.3, -0.25) is 15.0 Å². The van der Waals surface area contributed by atoms with Crippen LogP contribution in [-0.2, 0) is 0 Å². The summed E-state index contributed by atoms with van der Waals surface area (Å²) >= 11 is 0. The summed E-state index contributed by atoms with van der Waals surface area (Å²) in [4.78, 5) is 15.4. The van der Waals surface area contributed by atoms with Gasteiger partial charge in [0.25, 0.3) is 5.69 Å². The molecule has 2 rings (SSSR count). The Balaban J connectivity index is 2.06. The van der Waals surface area contributed by atoms with Crippen molar-refractivity contribution in [3.8, 4) is 6.07 Å². The highest BCUT2D eigenvalue weighted by atomic mass is 16.6. The Hall–Kier alpha value is -2.17. The zero-order chi connectivity index (χ0) is 17.0. The van der Waals surface area contributed by atoms with Gasteiger partial charge in [-0.1, -0.05) is 0 Å². The molecule has 0 unspecified atom stereocenters. The molecule has 0 saturated carbocycles. The largest absolute Gasteiger partial charge is 0.383 e. The van der Waals surface area contributed by atoms with Gasteiger partial charge in [-0.25, -0.2) is 0 Å². The van der Waals surface area contributed by atoms with E-state index in [2.05, 4.69) is 29.1 Å². The lowest BCUT2D eigenvalue weighted by Gasteiger charge is -2.36. The number of nitro benzene ring substituents is 1. The number of rotatable bonds is 5. The number of nitriles is 1. The van der Waals surface area contributed by atoms with E-state index >= 15 is 0 Å². The molecule has 0 aliphatic carbocycles. The second-order valence-corrected chi connectivity index (χ2v) is 6.11. The van der Waals surface area contributed by atoms with Gasteiger partial charge in [0.1, 0.15) is 0 Å². The van der Waals surface area contributed by atoms with Crippen molar-refractivity contribution in [2.24, 2.45) is 0 Å². The third kappa shape index (κ3) is 4.18.